The van der Waals surface area contributed by atoms with Crippen LogP contribution in [0, 0.1) is 0 Å². The fraction of sp³-hybridized carbons (Fsp3) is 0.259. The Labute approximate surface area is 204 Å². The van der Waals surface area contributed by atoms with E-state index in [-0.39, 0.29) is 18.0 Å². The van der Waals surface area contributed by atoms with E-state index in [9.17, 15) is 9.59 Å². The predicted molar refractivity (Wildman–Crippen MR) is 136 cm³/mol. The van der Waals surface area contributed by atoms with Gasteiger partial charge in [-0.2, -0.15) is 0 Å². The van der Waals surface area contributed by atoms with Gasteiger partial charge in [0.15, 0.2) is 0 Å². The Morgan fingerprint density at radius 3 is 2.32 bits per heavy atom. The van der Waals surface area contributed by atoms with E-state index in [1.807, 2.05) is 89.5 Å². The standard InChI is InChI=1S/C27H27ClN4O2/c1-2-32-25(21-7-3-4-8-22(21)27(32)34)29-20-13-11-19(12-14-20)26(33)31-17-15-30(16-18-31)24-10-6-5-9-23(24)28/h3-14,25,29H,2,15-18H2,1H3. The summed E-state index contributed by atoms with van der Waals surface area (Å²) in [4.78, 5) is 31.7. The van der Waals surface area contributed by atoms with Gasteiger partial charge in [0.05, 0.1) is 10.7 Å². The Balaban J connectivity index is 1.24. The van der Waals surface area contributed by atoms with Crippen LogP contribution in [0.15, 0.2) is 72.8 Å². The van der Waals surface area contributed by atoms with Crippen LogP contribution in [0.3, 0.4) is 0 Å². The molecule has 7 heteroatoms. The van der Waals surface area contributed by atoms with Crippen LogP contribution in [0.2, 0.25) is 5.02 Å². The highest BCUT2D eigenvalue weighted by atomic mass is 35.5. The van der Waals surface area contributed by atoms with Gasteiger partial charge in [-0.15, -0.1) is 0 Å². The van der Waals surface area contributed by atoms with Crippen molar-refractivity contribution in [2.45, 2.75) is 13.1 Å². The third kappa shape index (κ3) is 4.10. The van der Waals surface area contributed by atoms with Gasteiger partial charge < -0.3 is 20.0 Å². The van der Waals surface area contributed by atoms with E-state index in [4.69, 9.17) is 11.6 Å². The van der Waals surface area contributed by atoms with E-state index in [2.05, 4.69) is 10.2 Å². The van der Waals surface area contributed by atoms with Gasteiger partial charge in [-0.3, -0.25) is 9.59 Å². The first kappa shape index (κ1) is 22.3. The van der Waals surface area contributed by atoms with Gasteiger partial charge in [0.2, 0.25) is 0 Å². The number of nitrogens with one attached hydrogen (secondary N) is 1. The number of carbonyl (C=O) groups is 2. The largest absolute Gasteiger partial charge is 0.367 e. The molecule has 1 atom stereocenters. The van der Waals surface area contributed by atoms with Crippen LogP contribution in [0.5, 0.6) is 0 Å². The Morgan fingerprint density at radius 2 is 1.62 bits per heavy atom. The van der Waals surface area contributed by atoms with Gasteiger partial charge in [-0.25, -0.2) is 0 Å². The van der Waals surface area contributed by atoms with Crippen LogP contribution < -0.4 is 10.2 Å². The third-order valence-corrected chi connectivity index (χ3v) is 6.91. The molecule has 34 heavy (non-hydrogen) atoms. The van der Waals surface area contributed by atoms with Crippen molar-refractivity contribution >= 4 is 34.8 Å². The van der Waals surface area contributed by atoms with Crippen molar-refractivity contribution in [3.8, 4) is 0 Å². The normalized spacial score (nSPS) is 17.6. The number of halogens is 1. The lowest BCUT2D eigenvalue weighted by molar-refractivity contribution is 0.0742. The van der Waals surface area contributed by atoms with Crippen LogP contribution in [0.25, 0.3) is 0 Å². The molecule has 2 heterocycles. The van der Waals surface area contributed by atoms with E-state index < -0.39 is 0 Å². The molecule has 2 aliphatic rings. The van der Waals surface area contributed by atoms with Crippen LogP contribution in [0.1, 0.15) is 39.4 Å². The third-order valence-electron chi connectivity index (χ3n) is 6.59. The highest BCUT2D eigenvalue weighted by molar-refractivity contribution is 6.33. The minimum absolute atomic E-state index is 0.0296. The number of rotatable bonds is 5. The van der Waals surface area contributed by atoms with E-state index in [0.29, 0.717) is 25.2 Å². The van der Waals surface area contributed by atoms with Crippen molar-refractivity contribution in [3.05, 3.63) is 94.5 Å². The molecule has 1 N–H and O–H groups in total. The highest BCUT2D eigenvalue weighted by Gasteiger charge is 2.35. The van der Waals surface area contributed by atoms with Gasteiger partial charge in [0.25, 0.3) is 11.8 Å². The summed E-state index contributed by atoms with van der Waals surface area (Å²) in [6, 6.07) is 23.0. The molecule has 0 aromatic heterocycles. The quantitative estimate of drug-likeness (QED) is 0.572. The number of fused-ring (bicyclic) bond motifs is 1. The van der Waals surface area contributed by atoms with E-state index in [0.717, 1.165) is 40.6 Å². The van der Waals surface area contributed by atoms with E-state index in [1.165, 1.54) is 0 Å². The molecule has 0 radical (unpaired) electrons. The summed E-state index contributed by atoms with van der Waals surface area (Å²) >= 11 is 6.33. The molecule has 1 fully saturated rings. The molecule has 174 valence electrons. The minimum Gasteiger partial charge on any atom is -0.367 e. The SMILES string of the molecule is CCN1C(=O)c2ccccc2C1Nc1ccc(C(=O)N2CCN(c3ccccc3Cl)CC2)cc1. The average molecular weight is 475 g/mol. The van der Waals surface area contributed by atoms with Crippen molar-refractivity contribution < 1.29 is 9.59 Å². The maximum absolute atomic E-state index is 13.1. The maximum atomic E-state index is 13.1. The number of nitrogens with zero attached hydrogens (tertiary/aromatic N) is 3. The summed E-state index contributed by atoms with van der Waals surface area (Å²) in [5.41, 5.74) is 4.26. The number of hydrogen-bond acceptors (Lipinski definition) is 4. The second kappa shape index (κ2) is 9.39. The number of hydrogen-bond donors (Lipinski definition) is 1. The van der Waals surface area contributed by atoms with Crippen LogP contribution in [-0.2, 0) is 0 Å². The zero-order chi connectivity index (χ0) is 23.7. The molecule has 2 aliphatic heterocycles. The highest BCUT2D eigenvalue weighted by Crippen LogP contribution is 2.34. The summed E-state index contributed by atoms with van der Waals surface area (Å²) in [7, 11) is 0. The molecule has 2 amide bonds. The molecule has 1 saturated heterocycles. The van der Waals surface area contributed by atoms with Gasteiger partial charge in [0, 0.05) is 55.1 Å². The number of amides is 2. The zero-order valence-corrected chi connectivity index (χ0v) is 19.8. The fourth-order valence-corrected chi connectivity index (χ4v) is 5.02. The summed E-state index contributed by atoms with van der Waals surface area (Å²) in [5.74, 6) is 0.0697. The monoisotopic (exact) mass is 474 g/mol. The topological polar surface area (TPSA) is 55.9 Å². The van der Waals surface area contributed by atoms with Gasteiger partial charge >= 0.3 is 0 Å². The first-order chi connectivity index (χ1) is 16.6. The molecule has 6 nitrogen and oxygen atoms in total. The predicted octanol–water partition coefficient (Wildman–Crippen LogP) is 4.89. The lowest BCUT2D eigenvalue weighted by Gasteiger charge is -2.36. The summed E-state index contributed by atoms with van der Waals surface area (Å²) in [6.45, 7) is 5.38. The van der Waals surface area contributed by atoms with E-state index in [1.54, 1.807) is 0 Å². The van der Waals surface area contributed by atoms with Gasteiger partial charge in [-0.1, -0.05) is 41.9 Å². The van der Waals surface area contributed by atoms with Crippen molar-refractivity contribution in [2.75, 3.05) is 42.9 Å². The maximum Gasteiger partial charge on any atom is 0.256 e. The molecule has 3 aromatic carbocycles. The molecule has 5 rings (SSSR count). The molecule has 0 spiro atoms. The molecule has 0 saturated carbocycles. The zero-order valence-electron chi connectivity index (χ0n) is 19.1. The van der Waals surface area contributed by atoms with Gasteiger partial charge in [-0.05, 0) is 49.4 Å². The molecular weight excluding hydrogens is 448 g/mol. The van der Waals surface area contributed by atoms with Crippen LogP contribution >= 0.6 is 11.6 Å². The Morgan fingerprint density at radius 1 is 0.941 bits per heavy atom. The number of benzene rings is 3. The van der Waals surface area contributed by atoms with Gasteiger partial charge in [0.1, 0.15) is 6.17 Å². The number of carbonyl (C=O) groups excluding carboxylic acids is 2. The fourth-order valence-electron chi connectivity index (χ4n) is 4.76. The Kier molecular flexibility index (Phi) is 6.16. The van der Waals surface area contributed by atoms with Crippen molar-refractivity contribution in [1.82, 2.24) is 9.80 Å². The molecule has 0 aliphatic carbocycles. The second-order valence-electron chi connectivity index (χ2n) is 8.53. The molecular formula is C27H27ClN4O2. The molecule has 3 aromatic rings. The molecule has 1 unspecified atom stereocenters. The van der Waals surface area contributed by atoms with Crippen molar-refractivity contribution in [3.63, 3.8) is 0 Å². The van der Waals surface area contributed by atoms with Crippen molar-refractivity contribution in [1.29, 1.82) is 0 Å². The smallest absolute Gasteiger partial charge is 0.256 e. The minimum atomic E-state index is -0.215. The number of piperazine rings is 1. The number of para-hydroxylation sites is 1. The Hall–Kier alpha value is -3.51. The van der Waals surface area contributed by atoms with Crippen molar-refractivity contribution in [2.24, 2.45) is 0 Å². The lowest BCUT2D eigenvalue weighted by atomic mass is 10.1. The first-order valence-electron chi connectivity index (χ1n) is 11.6. The summed E-state index contributed by atoms with van der Waals surface area (Å²) in [5, 5.41) is 4.20. The average Bonchev–Trinajstić information content (AvgIpc) is 3.15. The summed E-state index contributed by atoms with van der Waals surface area (Å²) < 4.78 is 0. The lowest BCUT2D eigenvalue weighted by Crippen LogP contribution is -2.48. The van der Waals surface area contributed by atoms with Crippen LogP contribution in [0.4, 0.5) is 11.4 Å². The summed E-state index contributed by atoms with van der Waals surface area (Å²) in [6.07, 6.45) is -0.215. The first-order valence-corrected chi connectivity index (χ1v) is 12.0. The second-order valence-corrected chi connectivity index (χ2v) is 8.94. The number of anilines is 2. The van der Waals surface area contributed by atoms with E-state index >= 15 is 0 Å². The Bertz CT molecular complexity index is 1210. The van der Waals surface area contributed by atoms with Crippen LogP contribution in [-0.4, -0.2) is 54.3 Å². The molecule has 0 bridgehead atoms.